The highest BCUT2D eigenvalue weighted by Gasteiger charge is 2.10. The number of hydrogen-bond acceptors (Lipinski definition) is 2. The average Bonchev–Trinajstić information content (AvgIpc) is 2.51. The third-order valence-corrected chi connectivity index (χ3v) is 3.00. The Bertz CT molecular complexity index is 713. The fourth-order valence-electron chi connectivity index (χ4n) is 1.96. The quantitative estimate of drug-likeness (QED) is 0.760. The molecular formula is C13H9ClN2O. The zero-order chi connectivity index (χ0) is 11.8. The largest absolute Gasteiger partial charge is 0.320 e. The number of pyridine rings is 1. The van der Waals surface area contributed by atoms with Gasteiger partial charge in [-0.3, -0.25) is 9.79 Å². The van der Waals surface area contributed by atoms with E-state index in [1.54, 1.807) is 18.4 Å². The fourth-order valence-corrected chi connectivity index (χ4v) is 2.14. The van der Waals surface area contributed by atoms with Crippen LogP contribution in [-0.4, -0.2) is 11.2 Å². The van der Waals surface area contributed by atoms with Gasteiger partial charge in [-0.2, -0.15) is 0 Å². The van der Waals surface area contributed by atoms with Crippen LogP contribution in [0, 0.1) is 0 Å². The van der Waals surface area contributed by atoms with Crippen LogP contribution in [-0.2, 0) is 0 Å². The van der Waals surface area contributed by atoms with Crippen molar-refractivity contribution in [2.75, 3.05) is 0 Å². The van der Waals surface area contributed by atoms with Crippen LogP contribution in [0.5, 0.6) is 0 Å². The maximum absolute atomic E-state index is 11.9. The SMILES string of the molecule is O=c1[nH]c2c(c3ccccc13)N=CCC(Cl)=C2. The van der Waals surface area contributed by atoms with Crippen molar-refractivity contribution in [3.8, 4) is 0 Å². The number of fused-ring (bicyclic) bond motifs is 3. The molecule has 2 aromatic rings. The van der Waals surface area contributed by atoms with Gasteiger partial charge in [-0.1, -0.05) is 29.8 Å². The van der Waals surface area contributed by atoms with E-state index in [2.05, 4.69) is 9.98 Å². The highest BCUT2D eigenvalue weighted by atomic mass is 35.5. The minimum absolute atomic E-state index is 0.114. The Kier molecular flexibility index (Phi) is 2.34. The van der Waals surface area contributed by atoms with Crippen LogP contribution in [0.15, 0.2) is 39.1 Å². The zero-order valence-corrected chi connectivity index (χ0v) is 9.66. The van der Waals surface area contributed by atoms with Gasteiger partial charge >= 0.3 is 0 Å². The molecule has 0 unspecified atom stereocenters. The second-order valence-electron chi connectivity index (χ2n) is 3.87. The number of nitrogens with one attached hydrogen (secondary N) is 1. The first kappa shape index (κ1) is 10.3. The third kappa shape index (κ3) is 1.68. The lowest BCUT2D eigenvalue weighted by Gasteiger charge is -2.04. The molecule has 1 aromatic heterocycles. The maximum Gasteiger partial charge on any atom is 0.256 e. The van der Waals surface area contributed by atoms with Gasteiger partial charge in [0.2, 0.25) is 0 Å². The molecule has 1 aliphatic heterocycles. The third-order valence-electron chi connectivity index (χ3n) is 2.74. The molecule has 0 fully saturated rings. The minimum Gasteiger partial charge on any atom is -0.320 e. The van der Waals surface area contributed by atoms with Crippen LogP contribution in [0.1, 0.15) is 12.1 Å². The molecule has 0 aliphatic carbocycles. The molecule has 84 valence electrons. The summed E-state index contributed by atoms with van der Waals surface area (Å²) in [5.41, 5.74) is 1.33. The summed E-state index contributed by atoms with van der Waals surface area (Å²) in [5.74, 6) is 0. The summed E-state index contributed by atoms with van der Waals surface area (Å²) in [6.45, 7) is 0. The molecule has 0 atom stereocenters. The van der Waals surface area contributed by atoms with Crippen LogP contribution >= 0.6 is 11.6 Å². The van der Waals surface area contributed by atoms with Gasteiger partial charge in [0.15, 0.2) is 0 Å². The first-order chi connectivity index (χ1) is 8.25. The number of H-pyrrole nitrogens is 1. The predicted molar refractivity (Wildman–Crippen MR) is 71.2 cm³/mol. The van der Waals surface area contributed by atoms with E-state index in [0.717, 1.165) is 11.1 Å². The van der Waals surface area contributed by atoms with Crippen molar-refractivity contribution in [3.63, 3.8) is 0 Å². The van der Waals surface area contributed by atoms with E-state index < -0.39 is 0 Å². The van der Waals surface area contributed by atoms with Gasteiger partial charge in [0, 0.05) is 28.4 Å². The van der Waals surface area contributed by atoms with Gasteiger partial charge in [0.05, 0.1) is 11.4 Å². The molecule has 0 saturated carbocycles. The molecule has 0 bridgehead atoms. The van der Waals surface area contributed by atoms with Gasteiger partial charge in [-0.05, 0) is 12.1 Å². The summed E-state index contributed by atoms with van der Waals surface area (Å²) in [5, 5.41) is 2.17. The number of nitrogens with zero attached hydrogens (tertiary/aromatic N) is 1. The summed E-state index contributed by atoms with van der Waals surface area (Å²) < 4.78 is 0. The Labute approximate surface area is 102 Å². The molecule has 17 heavy (non-hydrogen) atoms. The second kappa shape index (κ2) is 3.86. The minimum atomic E-state index is -0.114. The van der Waals surface area contributed by atoms with Crippen LogP contribution in [0.3, 0.4) is 0 Å². The lowest BCUT2D eigenvalue weighted by molar-refractivity contribution is 1.24. The number of aromatic amines is 1. The summed E-state index contributed by atoms with van der Waals surface area (Å²) in [4.78, 5) is 19.1. The lowest BCUT2D eigenvalue weighted by atomic mass is 10.1. The molecular weight excluding hydrogens is 236 g/mol. The van der Waals surface area contributed by atoms with Crippen molar-refractivity contribution >= 4 is 40.4 Å². The van der Waals surface area contributed by atoms with Crippen molar-refractivity contribution in [1.29, 1.82) is 0 Å². The summed E-state index contributed by atoms with van der Waals surface area (Å²) in [6, 6.07) is 7.43. The number of allylic oxidation sites excluding steroid dienone is 1. The smallest absolute Gasteiger partial charge is 0.256 e. The molecule has 1 N–H and O–H groups in total. The van der Waals surface area contributed by atoms with E-state index in [9.17, 15) is 4.79 Å². The predicted octanol–water partition coefficient (Wildman–Crippen LogP) is 3.21. The Balaban J connectivity index is 2.49. The average molecular weight is 245 g/mol. The monoisotopic (exact) mass is 244 g/mol. The number of hydrogen-bond donors (Lipinski definition) is 1. The van der Waals surface area contributed by atoms with Crippen LogP contribution in [0.2, 0.25) is 0 Å². The molecule has 4 heteroatoms. The van der Waals surface area contributed by atoms with E-state index in [0.29, 0.717) is 22.5 Å². The number of aromatic nitrogens is 1. The van der Waals surface area contributed by atoms with Crippen molar-refractivity contribution < 1.29 is 0 Å². The van der Waals surface area contributed by atoms with Crippen molar-refractivity contribution in [2.24, 2.45) is 4.99 Å². The molecule has 1 aliphatic rings. The molecule has 3 rings (SSSR count). The number of benzene rings is 1. The molecule has 3 nitrogen and oxygen atoms in total. The Morgan fingerprint density at radius 2 is 2.00 bits per heavy atom. The van der Waals surface area contributed by atoms with E-state index in [1.807, 2.05) is 18.2 Å². The number of halogens is 1. The van der Waals surface area contributed by atoms with E-state index in [-0.39, 0.29) is 5.56 Å². The first-order valence-corrected chi connectivity index (χ1v) is 5.67. The highest BCUT2D eigenvalue weighted by molar-refractivity contribution is 6.32. The topological polar surface area (TPSA) is 45.2 Å². The summed E-state index contributed by atoms with van der Waals surface area (Å²) in [6.07, 6.45) is 4.11. The Morgan fingerprint density at radius 1 is 1.24 bits per heavy atom. The van der Waals surface area contributed by atoms with E-state index >= 15 is 0 Å². The van der Waals surface area contributed by atoms with Crippen LogP contribution in [0.25, 0.3) is 16.8 Å². The van der Waals surface area contributed by atoms with Gasteiger partial charge < -0.3 is 4.98 Å². The molecule has 2 heterocycles. The molecule has 0 saturated heterocycles. The first-order valence-electron chi connectivity index (χ1n) is 5.29. The molecule has 0 spiro atoms. The van der Waals surface area contributed by atoms with E-state index in [4.69, 9.17) is 11.6 Å². The van der Waals surface area contributed by atoms with Gasteiger partial charge in [-0.25, -0.2) is 0 Å². The molecule has 1 aromatic carbocycles. The standard InChI is InChI=1S/C13H9ClN2O/c14-8-5-6-15-12-9-3-1-2-4-10(9)13(17)16-11(12)7-8/h1-4,6-7H,5H2,(H,16,17). The van der Waals surface area contributed by atoms with Gasteiger partial charge in [0.1, 0.15) is 0 Å². The number of aliphatic imine (C=N–C) groups is 1. The number of rotatable bonds is 0. The zero-order valence-electron chi connectivity index (χ0n) is 8.90. The summed E-state index contributed by atoms with van der Waals surface area (Å²) >= 11 is 6.00. The van der Waals surface area contributed by atoms with Crippen LogP contribution < -0.4 is 5.56 Å². The Morgan fingerprint density at radius 3 is 2.82 bits per heavy atom. The summed E-state index contributed by atoms with van der Waals surface area (Å²) in [7, 11) is 0. The second-order valence-corrected chi connectivity index (χ2v) is 4.35. The molecule has 0 radical (unpaired) electrons. The van der Waals surface area contributed by atoms with Crippen molar-refractivity contribution in [2.45, 2.75) is 6.42 Å². The van der Waals surface area contributed by atoms with Gasteiger partial charge in [0.25, 0.3) is 5.56 Å². The van der Waals surface area contributed by atoms with Crippen molar-refractivity contribution in [3.05, 3.63) is 45.3 Å². The normalized spacial score (nSPS) is 14.3. The van der Waals surface area contributed by atoms with Crippen LogP contribution in [0.4, 0.5) is 5.69 Å². The maximum atomic E-state index is 11.9. The lowest BCUT2D eigenvalue weighted by Crippen LogP contribution is -2.07. The van der Waals surface area contributed by atoms with Crippen molar-refractivity contribution in [1.82, 2.24) is 4.98 Å². The highest BCUT2D eigenvalue weighted by Crippen LogP contribution is 2.30. The van der Waals surface area contributed by atoms with Gasteiger partial charge in [-0.15, -0.1) is 0 Å². The van der Waals surface area contributed by atoms with E-state index in [1.165, 1.54) is 0 Å². The fraction of sp³-hybridized carbons (Fsp3) is 0.0769. The Hall–Kier alpha value is -1.87. The molecule has 0 amide bonds.